The number of phosphoric acid groups is 1. The highest BCUT2D eigenvalue weighted by Crippen LogP contribution is 2.49. The van der Waals surface area contributed by atoms with Gasteiger partial charge in [-0.3, -0.25) is 28.0 Å². The monoisotopic (exact) mass is 557 g/mol. The number of aliphatic hydroxyl groups excluding tert-OH is 2. The van der Waals surface area contributed by atoms with E-state index in [1.165, 1.54) is 10.9 Å². The van der Waals surface area contributed by atoms with E-state index in [4.69, 9.17) is 30.0 Å². The van der Waals surface area contributed by atoms with Crippen molar-refractivity contribution in [2.75, 3.05) is 24.7 Å². The van der Waals surface area contributed by atoms with Crippen molar-refractivity contribution >= 4 is 30.9 Å². The highest BCUT2D eigenvalue weighted by atomic mass is 31.2. The van der Waals surface area contributed by atoms with E-state index in [0.717, 1.165) is 10.9 Å². The topological polar surface area (TPSA) is 278 Å². The van der Waals surface area contributed by atoms with Crippen LogP contribution in [0.1, 0.15) is 25.3 Å². The van der Waals surface area contributed by atoms with Gasteiger partial charge in [-0.1, -0.05) is 0 Å². The highest BCUT2D eigenvalue weighted by Gasteiger charge is 2.43. The lowest BCUT2D eigenvalue weighted by molar-refractivity contribution is -0.0565. The molecule has 5 heterocycles. The molecule has 2 aliphatic heterocycles. The first-order chi connectivity index (χ1) is 18.0. The normalized spacial score (nSPS) is 29.1. The molecule has 3 aromatic rings. The van der Waals surface area contributed by atoms with Gasteiger partial charge in [0.2, 0.25) is 11.9 Å². The lowest BCUT2D eigenvalue weighted by atomic mass is 10.2. The molecule has 0 aliphatic carbocycles. The van der Waals surface area contributed by atoms with E-state index in [0.29, 0.717) is 0 Å². The molecule has 206 valence electrons. The number of nitrogens with two attached hydrogens (primary N) is 2. The zero-order chi connectivity index (χ0) is 27.2. The van der Waals surface area contributed by atoms with E-state index in [2.05, 4.69) is 24.9 Å². The van der Waals surface area contributed by atoms with Crippen LogP contribution in [-0.2, 0) is 23.1 Å². The Morgan fingerprint density at radius 1 is 1.11 bits per heavy atom. The van der Waals surface area contributed by atoms with Gasteiger partial charge >= 0.3 is 13.5 Å². The third kappa shape index (κ3) is 5.18. The van der Waals surface area contributed by atoms with Crippen molar-refractivity contribution in [3.05, 3.63) is 33.5 Å². The van der Waals surface area contributed by atoms with Gasteiger partial charge in [0.25, 0.3) is 5.56 Å². The number of hydrogen-bond acceptors (Lipinski definition) is 15. The lowest BCUT2D eigenvalue weighted by Gasteiger charge is -2.21. The van der Waals surface area contributed by atoms with E-state index in [1.807, 2.05) is 0 Å². The third-order valence-electron chi connectivity index (χ3n) is 6.05. The van der Waals surface area contributed by atoms with Crippen molar-refractivity contribution < 1.29 is 38.2 Å². The number of H-pyrrole nitrogens is 1. The first kappa shape index (κ1) is 26.3. The largest absolute Gasteiger partial charge is 0.472 e. The van der Waals surface area contributed by atoms with E-state index in [-0.39, 0.29) is 35.9 Å². The van der Waals surface area contributed by atoms with E-state index < -0.39 is 69.2 Å². The number of fused-ring (bicyclic) bond motifs is 1. The average molecular weight is 557 g/mol. The SMILES string of the molecule is Nc1ncn([C@@H]2C[C@@H](OP(=O)(O)OC[C@H]3O[C@@H](n4cnc5c(=O)[nH]c(N)nc54)CC3O)C(CO)O2)c(=O)n1. The van der Waals surface area contributed by atoms with Gasteiger partial charge in [0.1, 0.15) is 37.1 Å². The fourth-order valence-corrected chi connectivity index (χ4v) is 5.22. The maximum atomic E-state index is 12.7. The molecule has 3 unspecified atom stereocenters. The molecule has 20 heteroatoms. The molecule has 7 atom stereocenters. The number of anilines is 2. The van der Waals surface area contributed by atoms with Gasteiger partial charge in [-0.05, 0) is 0 Å². The first-order valence-corrected chi connectivity index (χ1v) is 12.7. The Morgan fingerprint density at radius 2 is 1.82 bits per heavy atom. The molecule has 38 heavy (non-hydrogen) atoms. The molecule has 0 aromatic carbocycles. The van der Waals surface area contributed by atoms with Crippen LogP contribution in [0.5, 0.6) is 0 Å². The number of hydrogen-bond donors (Lipinski definition) is 6. The molecule has 19 nitrogen and oxygen atoms in total. The number of rotatable bonds is 8. The predicted molar refractivity (Wildman–Crippen MR) is 124 cm³/mol. The number of nitrogen functional groups attached to an aromatic ring is 2. The maximum absolute atomic E-state index is 12.7. The van der Waals surface area contributed by atoms with Crippen LogP contribution >= 0.6 is 7.82 Å². The zero-order valence-corrected chi connectivity index (χ0v) is 20.3. The van der Waals surface area contributed by atoms with Gasteiger partial charge in [-0.15, -0.1) is 0 Å². The van der Waals surface area contributed by atoms with E-state index in [9.17, 15) is 29.3 Å². The molecule has 2 aliphatic rings. The summed E-state index contributed by atoms with van der Waals surface area (Å²) in [5, 5.41) is 20.1. The van der Waals surface area contributed by atoms with Gasteiger partial charge < -0.3 is 36.0 Å². The van der Waals surface area contributed by atoms with E-state index in [1.54, 1.807) is 0 Å². The number of ether oxygens (including phenoxy) is 2. The summed E-state index contributed by atoms with van der Waals surface area (Å²) in [7, 11) is -4.76. The Morgan fingerprint density at radius 3 is 2.55 bits per heavy atom. The molecule has 0 radical (unpaired) electrons. The second-order valence-electron chi connectivity index (χ2n) is 8.57. The van der Waals surface area contributed by atoms with Gasteiger partial charge in [0.15, 0.2) is 11.2 Å². The Bertz CT molecular complexity index is 1490. The van der Waals surface area contributed by atoms with Gasteiger partial charge in [-0.25, -0.2) is 19.3 Å². The Balaban J connectivity index is 1.22. The summed E-state index contributed by atoms with van der Waals surface area (Å²) < 4.78 is 36.6. The molecule has 0 bridgehead atoms. The number of aromatic nitrogens is 7. The van der Waals surface area contributed by atoms with Crippen LogP contribution in [-0.4, -0.2) is 86.8 Å². The molecule has 0 spiro atoms. The standard InChI is InChI=1S/C18H24N9O10P/c19-16-22-6-27(18(31)25-16)12-2-8(9(3-28)35-12)37-38(32,33)34-4-10-7(29)1-11(36-10)26-5-21-13-14(26)23-17(20)24-15(13)30/h5-12,28-29H,1-4H2,(H,32,33)(H2,19,25,31)(H3,20,23,24,30)/t7?,8-,9?,10-,11-,12+/m1/s1. The van der Waals surface area contributed by atoms with Crippen molar-refractivity contribution in [3.63, 3.8) is 0 Å². The van der Waals surface area contributed by atoms with Crippen LogP contribution in [0.15, 0.2) is 22.2 Å². The minimum absolute atomic E-state index is 0.0218. The molecular formula is C18H24N9O10P. The van der Waals surface area contributed by atoms with Crippen LogP contribution in [0.25, 0.3) is 11.2 Å². The number of aromatic amines is 1. The summed E-state index contributed by atoms with van der Waals surface area (Å²) >= 11 is 0. The third-order valence-corrected chi connectivity index (χ3v) is 7.06. The van der Waals surface area contributed by atoms with E-state index >= 15 is 0 Å². The highest BCUT2D eigenvalue weighted by molar-refractivity contribution is 7.47. The van der Waals surface area contributed by atoms with Crippen molar-refractivity contribution in [1.82, 2.24) is 34.1 Å². The molecular weight excluding hydrogens is 533 g/mol. The van der Waals surface area contributed by atoms with Gasteiger partial charge in [0, 0.05) is 12.8 Å². The molecule has 3 aromatic heterocycles. The van der Waals surface area contributed by atoms with Crippen LogP contribution in [0.3, 0.4) is 0 Å². The lowest BCUT2D eigenvalue weighted by Crippen LogP contribution is -2.29. The smallest absolute Gasteiger partial charge is 0.394 e. The second kappa shape index (κ2) is 10.1. The van der Waals surface area contributed by atoms with Crippen LogP contribution in [0.4, 0.5) is 11.9 Å². The maximum Gasteiger partial charge on any atom is 0.472 e. The average Bonchev–Trinajstić information content (AvgIpc) is 3.54. The minimum Gasteiger partial charge on any atom is -0.394 e. The number of phosphoric ester groups is 1. The van der Waals surface area contributed by atoms with Crippen LogP contribution in [0.2, 0.25) is 0 Å². The Labute approximate surface area is 211 Å². The first-order valence-electron chi connectivity index (χ1n) is 11.2. The summed E-state index contributed by atoms with van der Waals surface area (Å²) in [6, 6.07) is 0. The van der Waals surface area contributed by atoms with Crippen molar-refractivity contribution in [1.29, 1.82) is 0 Å². The van der Waals surface area contributed by atoms with Crippen molar-refractivity contribution in [3.8, 4) is 0 Å². The fourth-order valence-electron chi connectivity index (χ4n) is 4.26. The number of nitrogens with zero attached hydrogens (tertiary/aromatic N) is 6. The summed E-state index contributed by atoms with van der Waals surface area (Å²) in [6.45, 7) is -1.13. The molecule has 2 fully saturated rings. The summed E-state index contributed by atoms with van der Waals surface area (Å²) in [6.07, 6.45) is -3.86. The summed E-state index contributed by atoms with van der Waals surface area (Å²) in [4.78, 5) is 51.9. The summed E-state index contributed by atoms with van der Waals surface area (Å²) in [5.74, 6) is -0.369. The Kier molecular flexibility index (Phi) is 7.01. The fraction of sp³-hybridized carbons (Fsp3) is 0.556. The Hall–Kier alpha value is -3.29. The quantitative estimate of drug-likeness (QED) is 0.154. The molecule has 2 saturated heterocycles. The van der Waals surface area contributed by atoms with Crippen LogP contribution in [0, 0.1) is 0 Å². The number of aliphatic hydroxyl groups is 2. The molecule has 0 amide bonds. The van der Waals surface area contributed by atoms with Crippen LogP contribution < -0.4 is 22.7 Å². The number of imidazole rings is 1. The molecule has 8 N–H and O–H groups in total. The van der Waals surface area contributed by atoms with Gasteiger partial charge in [0.05, 0.1) is 25.6 Å². The second-order valence-corrected chi connectivity index (χ2v) is 9.97. The summed E-state index contributed by atoms with van der Waals surface area (Å²) in [5.41, 5.74) is 9.82. The van der Waals surface area contributed by atoms with Gasteiger partial charge in [-0.2, -0.15) is 9.97 Å². The molecule has 5 rings (SSSR count). The molecule has 0 saturated carbocycles. The van der Waals surface area contributed by atoms with Crippen molar-refractivity contribution in [2.24, 2.45) is 0 Å². The minimum atomic E-state index is -4.76. The predicted octanol–water partition coefficient (Wildman–Crippen LogP) is -2.63. The van der Waals surface area contributed by atoms with Crippen molar-refractivity contribution in [2.45, 2.75) is 49.7 Å². The zero-order valence-electron chi connectivity index (χ0n) is 19.4. The number of nitrogens with one attached hydrogen (secondary N) is 1.